The molecular weight excluding hydrogens is 210 g/mol. The van der Waals surface area contributed by atoms with Gasteiger partial charge in [-0.2, -0.15) is 0 Å². The smallest absolute Gasteiger partial charge is 0.273 e. The summed E-state index contributed by atoms with van der Waals surface area (Å²) in [5, 5.41) is 22.8. The standard InChI is InChI=1S/C10H13N3O3/c11-7-3-8(5-9(4-7)13(15)16)12-10(6-14)1-2-10/h3-5,12,14H,1-2,6,11H2. The fourth-order valence-corrected chi connectivity index (χ4v) is 1.59. The summed E-state index contributed by atoms with van der Waals surface area (Å²) >= 11 is 0. The second-order valence-corrected chi connectivity index (χ2v) is 4.13. The maximum Gasteiger partial charge on any atom is 0.273 e. The molecule has 0 unspecified atom stereocenters. The van der Waals surface area contributed by atoms with E-state index in [0.29, 0.717) is 11.4 Å². The largest absolute Gasteiger partial charge is 0.398 e. The number of nitrogens with zero attached hydrogens (tertiary/aromatic N) is 1. The van der Waals surface area contributed by atoms with Gasteiger partial charge in [-0.15, -0.1) is 0 Å². The fourth-order valence-electron chi connectivity index (χ4n) is 1.59. The van der Waals surface area contributed by atoms with Crippen molar-refractivity contribution in [3.05, 3.63) is 28.3 Å². The summed E-state index contributed by atoms with van der Waals surface area (Å²) in [5.41, 5.74) is 6.14. The fraction of sp³-hybridized carbons (Fsp3) is 0.400. The number of aliphatic hydroxyl groups excluding tert-OH is 1. The SMILES string of the molecule is Nc1cc(NC2(CO)CC2)cc([N+](=O)[O-])c1. The molecule has 16 heavy (non-hydrogen) atoms. The first-order chi connectivity index (χ1) is 7.54. The Hall–Kier alpha value is -1.82. The van der Waals surface area contributed by atoms with E-state index in [1.807, 2.05) is 0 Å². The van der Waals surface area contributed by atoms with Crippen molar-refractivity contribution in [3.8, 4) is 0 Å². The molecule has 1 aliphatic carbocycles. The van der Waals surface area contributed by atoms with Crippen molar-refractivity contribution in [2.45, 2.75) is 18.4 Å². The average molecular weight is 223 g/mol. The predicted octanol–water partition coefficient (Wildman–Crippen LogP) is 1.11. The van der Waals surface area contributed by atoms with Gasteiger partial charge in [0.05, 0.1) is 17.1 Å². The van der Waals surface area contributed by atoms with E-state index in [4.69, 9.17) is 10.8 Å². The maximum absolute atomic E-state index is 10.6. The summed E-state index contributed by atoms with van der Waals surface area (Å²) in [7, 11) is 0. The van der Waals surface area contributed by atoms with Crippen LogP contribution in [-0.4, -0.2) is 22.2 Å². The van der Waals surface area contributed by atoms with Crippen LogP contribution in [0, 0.1) is 10.1 Å². The highest BCUT2D eigenvalue weighted by molar-refractivity contribution is 5.62. The lowest BCUT2D eigenvalue weighted by Gasteiger charge is -2.15. The van der Waals surface area contributed by atoms with Crippen molar-refractivity contribution in [1.82, 2.24) is 0 Å². The Kier molecular flexibility index (Phi) is 2.43. The molecule has 0 heterocycles. The number of hydrogen-bond donors (Lipinski definition) is 3. The Balaban J connectivity index is 2.24. The van der Waals surface area contributed by atoms with E-state index in [2.05, 4.69) is 5.32 Å². The van der Waals surface area contributed by atoms with E-state index in [1.165, 1.54) is 12.1 Å². The maximum atomic E-state index is 10.6. The van der Waals surface area contributed by atoms with Crippen LogP contribution in [0.2, 0.25) is 0 Å². The van der Waals surface area contributed by atoms with Crippen molar-refractivity contribution in [1.29, 1.82) is 0 Å². The van der Waals surface area contributed by atoms with Gasteiger partial charge < -0.3 is 16.2 Å². The summed E-state index contributed by atoms with van der Waals surface area (Å²) in [6, 6.07) is 4.36. The topological polar surface area (TPSA) is 101 Å². The predicted molar refractivity (Wildman–Crippen MR) is 60.2 cm³/mol. The van der Waals surface area contributed by atoms with Gasteiger partial charge in [-0.3, -0.25) is 10.1 Å². The minimum atomic E-state index is -0.486. The minimum Gasteiger partial charge on any atom is -0.398 e. The molecule has 6 heteroatoms. The molecule has 1 aromatic carbocycles. The number of benzene rings is 1. The molecule has 0 bridgehead atoms. The first-order valence-electron chi connectivity index (χ1n) is 4.99. The molecule has 1 aromatic rings. The molecule has 1 aliphatic rings. The Morgan fingerprint density at radius 3 is 2.69 bits per heavy atom. The van der Waals surface area contributed by atoms with Crippen LogP contribution in [0.25, 0.3) is 0 Å². The summed E-state index contributed by atoms with van der Waals surface area (Å²) in [5.74, 6) is 0. The molecule has 2 rings (SSSR count). The van der Waals surface area contributed by atoms with Crippen LogP contribution in [0.1, 0.15) is 12.8 Å². The van der Waals surface area contributed by atoms with Gasteiger partial charge in [0.25, 0.3) is 5.69 Å². The Bertz CT molecular complexity index is 429. The number of rotatable bonds is 4. The molecule has 0 radical (unpaired) electrons. The number of anilines is 2. The highest BCUT2D eigenvalue weighted by Gasteiger charge is 2.42. The zero-order valence-corrected chi connectivity index (χ0v) is 8.64. The molecule has 1 saturated carbocycles. The van der Waals surface area contributed by atoms with Gasteiger partial charge in [-0.05, 0) is 18.9 Å². The van der Waals surface area contributed by atoms with Gasteiger partial charge in [0.2, 0.25) is 0 Å². The number of non-ortho nitro benzene ring substituents is 1. The van der Waals surface area contributed by atoms with Crippen LogP contribution in [0.3, 0.4) is 0 Å². The molecular formula is C10H13N3O3. The Labute approximate surface area is 92.2 Å². The van der Waals surface area contributed by atoms with E-state index >= 15 is 0 Å². The number of nitrogens with two attached hydrogens (primary N) is 1. The second kappa shape index (κ2) is 3.64. The van der Waals surface area contributed by atoms with Crippen molar-refractivity contribution in [2.24, 2.45) is 0 Å². The second-order valence-electron chi connectivity index (χ2n) is 4.13. The zero-order chi connectivity index (χ0) is 11.8. The molecule has 0 aliphatic heterocycles. The summed E-state index contributed by atoms with van der Waals surface area (Å²) in [4.78, 5) is 10.1. The average Bonchev–Trinajstić information content (AvgIpc) is 2.97. The lowest BCUT2D eigenvalue weighted by molar-refractivity contribution is -0.384. The lowest BCUT2D eigenvalue weighted by atomic mass is 10.2. The van der Waals surface area contributed by atoms with Crippen LogP contribution in [0.5, 0.6) is 0 Å². The number of nitro groups is 1. The molecule has 4 N–H and O–H groups in total. The van der Waals surface area contributed by atoms with Crippen molar-refractivity contribution >= 4 is 17.1 Å². The number of aliphatic hydroxyl groups is 1. The van der Waals surface area contributed by atoms with Crippen LogP contribution < -0.4 is 11.1 Å². The third-order valence-electron chi connectivity index (χ3n) is 2.72. The van der Waals surface area contributed by atoms with Crippen LogP contribution in [0.4, 0.5) is 17.1 Å². The summed E-state index contributed by atoms with van der Waals surface area (Å²) in [6.45, 7) is 0.0234. The van der Waals surface area contributed by atoms with Gasteiger partial charge in [0.1, 0.15) is 0 Å². The van der Waals surface area contributed by atoms with Gasteiger partial charge in [-0.1, -0.05) is 0 Å². The molecule has 0 aromatic heterocycles. The van der Waals surface area contributed by atoms with Crippen molar-refractivity contribution < 1.29 is 10.0 Å². The molecule has 0 spiro atoms. The molecule has 6 nitrogen and oxygen atoms in total. The third kappa shape index (κ3) is 2.06. The van der Waals surface area contributed by atoms with Crippen molar-refractivity contribution in [3.63, 3.8) is 0 Å². The van der Waals surface area contributed by atoms with Gasteiger partial charge in [0.15, 0.2) is 0 Å². The zero-order valence-electron chi connectivity index (χ0n) is 8.64. The van der Waals surface area contributed by atoms with Crippen molar-refractivity contribution in [2.75, 3.05) is 17.7 Å². The number of hydrogen-bond acceptors (Lipinski definition) is 5. The minimum absolute atomic E-state index is 0.0234. The normalized spacial score (nSPS) is 16.8. The Morgan fingerprint density at radius 1 is 1.50 bits per heavy atom. The highest BCUT2D eigenvalue weighted by Crippen LogP contribution is 2.39. The monoisotopic (exact) mass is 223 g/mol. The first-order valence-corrected chi connectivity index (χ1v) is 4.99. The van der Waals surface area contributed by atoms with Crippen LogP contribution >= 0.6 is 0 Å². The quantitative estimate of drug-likeness (QED) is 0.403. The first kappa shape index (κ1) is 10.7. The lowest BCUT2D eigenvalue weighted by Crippen LogP contribution is -2.25. The number of nitrogen functional groups attached to an aromatic ring is 1. The summed E-state index contributed by atoms with van der Waals surface area (Å²) < 4.78 is 0. The van der Waals surface area contributed by atoms with Gasteiger partial charge in [-0.25, -0.2) is 0 Å². The van der Waals surface area contributed by atoms with Crippen LogP contribution in [0.15, 0.2) is 18.2 Å². The molecule has 1 fully saturated rings. The van der Waals surface area contributed by atoms with E-state index in [0.717, 1.165) is 12.8 Å². The molecule has 86 valence electrons. The number of nitro benzene ring substituents is 1. The van der Waals surface area contributed by atoms with Crippen LogP contribution in [-0.2, 0) is 0 Å². The summed E-state index contributed by atoms with van der Waals surface area (Å²) in [6.07, 6.45) is 1.73. The molecule has 0 saturated heterocycles. The van der Waals surface area contributed by atoms with Gasteiger partial charge in [0, 0.05) is 23.5 Å². The van der Waals surface area contributed by atoms with Gasteiger partial charge >= 0.3 is 0 Å². The Morgan fingerprint density at radius 2 is 2.19 bits per heavy atom. The third-order valence-corrected chi connectivity index (χ3v) is 2.72. The van der Waals surface area contributed by atoms with E-state index in [1.54, 1.807) is 6.07 Å². The van der Waals surface area contributed by atoms with E-state index < -0.39 is 4.92 Å². The van der Waals surface area contributed by atoms with E-state index in [-0.39, 0.29) is 17.8 Å². The highest BCUT2D eigenvalue weighted by atomic mass is 16.6. The number of nitrogens with one attached hydrogen (secondary N) is 1. The molecule has 0 atom stereocenters. The molecule has 0 amide bonds. The van der Waals surface area contributed by atoms with E-state index in [9.17, 15) is 10.1 Å².